The van der Waals surface area contributed by atoms with Gasteiger partial charge in [0.05, 0.1) is 10.4 Å². The van der Waals surface area contributed by atoms with Crippen LogP contribution in [0.5, 0.6) is 0 Å². The molecule has 8 heteroatoms. The smallest absolute Gasteiger partial charge is 0.264 e. The molecule has 2 aromatic heterocycles. The topological polar surface area (TPSA) is 75.3 Å². The molecule has 0 aliphatic carbocycles. The van der Waals surface area contributed by atoms with Crippen molar-refractivity contribution < 1.29 is 4.79 Å². The van der Waals surface area contributed by atoms with Crippen LogP contribution in [-0.4, -0.2) is 51.4 Å². The van der Waals surface area contributed by atoms with E-state index in [1.54, 1.807) is 0 Å². The summed E-state index contributed by atoms with van der Waals surface area (Å²) >= 11 is 7.60. The molecule has 6 nitrogen and oxygen atoms in total. The molecule has 0 radical (unpaired) electrons. The average Bonchev–Trinajstić information content (AvgIpc) is 3.17. The summed E-state index contributed by atoms with van der Waals surface area (Å²) < 4.78 is 1.04. The van der Waals surface area contributed by atoms with Crippen LogP contribution < -0.4 is 5.73 Å². The van der Waals surface area contributed by atoms with Gasteiger partial charge in [0, 0.05) is 47.3 Å². The maximum atomic E-state index is 13.2. The van der Waals surface area contributed by atoms with Gasteiger partial charge < -0.3 is 10.6 Å². The molecule has 0 saturated carbocycles. The predicted octanol–water partition coefficient (Wildman–Crippen LogP) is 4.43. The molecule has 0 bridgehead atoms. The number of rotatable bonds is 3. The summed E-state index contributed by atoms with van der Waals surface area (Å²) in [5.74, 6) is 0.600. The van der Waals surface area contributed by atoms with Gasteiger partial charge in [-0.25, -0.2) is 9.97 Å². The van der Waals surface area contributed by atoms with Crippen molar-refractivity contribution in [2.45, 2.75) is 19.5 Å². The number of fused-ring (bicyclic) bond motifs is 2. The number of carbonyl (C=O) groups is 1. The summed E-state index contributed by atoms with van der Waals surface area (Å²) in [6.45, 7) is 5.29. The minimum absolute atomic E-state index is 0.0994. The van der Waals surface area contributed by atoms with E-state index >= 15 is 0 Å². The van der Waals surface area contributed by atoms with E-state index in [9.17, 15) is 4.79 Å². The first-order valence-electron chi connectivity index (χ1n) is 10.2. The minimum Gasteiger partial charge on any atom is -0.383 e. The van der Waals surface area contributed by atoms with E-state index in [1.165, 1.54) is 23.2 Å². The van der Waals surface area contributed by atoms with E-state index in [0.717, 1.165) is 45.5 Å². The van der Waals surface area contributed by atoms with Gasteiger partial charge in [-0.1, -0.05) is 23.7 Å². The Hall–Kier alpha value is -2.74. The predicted molar refractivity (Wildman–Crippen MR) is 127 cm³/mol. The number of hydrogen-bond acceptors (Lipinski definition) is 6. The third-order valence-electron chi connectivity index (χ3n) is 5.80. The number of nitrogens with zero attached hydrogens (tertiary/aromatic N) is 4. The quantitative estimate of drug-likeness (QED) is 0.498. The van der Waals surface area contributed by atoms with Gasteiger partial charge in [-0.05, 0) is 48.2 Å². The van der Waals surface area contributed by atoms with Crippen LogP contribution in [0.4, 0.5) is 5.82 Å². The molecule has 3 heterocycles. The molecule has 158 valence electrons. The summed E-state index contributed by atoms with van der Waals surface area (Å²) in [5.41, 5.74) is 7.97. The molecular formula is C23H22ClN5OS. The largest absolute Gasteiger partial charge is 0.383 e. The zero-order chi connectivity index (χ0) is 21.5. The van der Waals surface area contributed by atoms with Gasteiger partial charge in [0.15, 0.2) is 0 Å². The van der Waals surface area contributed by atoms with Crippen LogP contribution in [-0.2, 0) is 6.54 Å². The third kappa shape index (κ3) is 3.96. The van der Waals surface area contributed by atoms with Crippen LogP contribution >= 0.6 is 22.9 Å². The monoisotopic (exact) mass is 451 g/mol. The molecule has 1 amide bonds. The maximum Gasteiger partial charge on any atom is 0.264 e. The second-order valence-electron chi connectivity index (χ2n) is 7.99. The average molecular weight is 452 g/mol. The molecule has 31 heavy (non-hydrogen) atoms. The molecule has 5 rings (SSSR count). The van der Waals surface area contributed by atoms with Gasteiger partial charge >= 0.3 is 0 Å². The van der Waals surface area contributed by atoms with Crippen LogP contribution in [0.15, 0.2) is 48.8 Å². The molecule has 4 aromatic rings. The fourth-order valence-electron chi connectivity index (χ4n) is 4.21. The molecule has 1 aliphatic heterocycles. The Balaban J connectivity index is 1.28. The first-order valence-corrected chi connectivity index (χ1v) is 11.4. The summed E-state index contributed by atoms with van der Waals surface area (Å²) in [7, 11) is 0. The number of aromatic nitrogens is 2. The lowest BCUT2D eigenvalue weighted by molar-refractivity contribution is 0.0480. The minimum atomic E-state index is 0.0994. The van der Waals surface area contributed by atoms with Gasteiger partial charge in [-0.15, -0.1) is 11.3 Å². The maximum absolute atomic E-state index is 13.2. The molecule has 1 aliphatic rings. The number of halogens is 1. The van der Waals surface area contributed by atoms with E-state index in [0.29, 0.717) is 17.4 Å². The van der Waals surface area contributed by atoms with Crippen molar-refractivity contribution in [2.75, 3.05) is 25.4 Å². The number of amides is 1. The molecule has 0 spiro atoms. The SMILES string of the molecule is C[C@H]1CN(Cc2ccc3c(N)ncnc3c2)CCN1C(=O)c1cc2ccc(Cl)cc2s1. The highest BCUT2D eigenvalue weighted by atomic mass is 35.5. The molecule has 1 fully saturated rings. The highest BCUT2D eigenvalue weighted by molar-refractivity contribution is 7.20. The van der Waals surface area contributed by atoms with Crippen molar-refractivity contribution in [1.29, 1.82) is 0 Å². The zero-order valence-corrected chi connectivity index (χ0v) is 18.7. The summed E-state index contributed by atoms with van der Waals surface area (Å²) in [6.07, 6.45) is 1.50. The van der Waals surface area contributed by atoms with E-state index in [4.69, 9.17) is 17.3 Å². The van der Waals surface area contributed by atoms with Crippen molar-refractivity contribution in [1.82, 2.24) is 19.8 Å². The Morgan fingerprint density at radius 1 is 1.19 bits per heavy atom. The highest BCUT2D eigenvalue weighted by Gasteiger charge is 2.29. The van der Waals surface area contributed by atoms with E-state index in [-0.39, 0.29) is 11.9 Å². The number of anilines is 1. The summed E-state index contributed by atoms with van der Waals surface area (Å²) in [5, 5.41) is 2.63. The van der Waals surface area contributed by atoms with Crippen molar-refractivity contribution >= 4 is 55.7 Å². The van der Waals surface area contributed by atoms with Crippen LogP contribution in [0.25, 0.3) is 21.0 Å². The number of nitrogen functional groups attached to an aromatic ring is 1. The van der Waals surface area contributed by atoms with Crippen LogP contribution in [0.2, 0.25) is 5.02 Å². The lowest BCUT2D eigenvalue weighted by Gasteiger charge is -2.39. The Bertz CT molecular complexity index is 1290. The van der Waals surface area contributed by atoms with E-state index in [1.807, 2.05) is 35.2 Å². The van der Waals surface area contributed by atoms with Crippen LogP contribution in [0.3, 0.4) is 0 Å². The fraction of sp³-hybridized carbons (Fsp3) is 0.261. The lowest BCUT2D eigenvalue weighted by atomic mass is 10.1. The Kier molecular flexibility index (Phi) is 5.25. The number of nitrogens with two attached hydrogens (primary N) is 1. The number of carbonyl (C=O) groups excluding carboxylic acids is 1. The zero-order valence-electron chi connectivity index (χ0n) is 17.1. The van der Waals surface area contributed by atoms with Crippen molar-refractivity contribution in [3.05, 3.63) is 64.3 Å². The normalized spacial score (nSPS) is 17.5. The number of piperazine rings is 1. The molecule has 0 unspecified atom stereocenters. The van der Waals surface area contributed by atoms with Crippen LogP contribution in [0.1, 0.15) is 22.2 Å². The highest BCUT2D eigenvalue weighted by Crippen LogP contribution is 2.30. The van der Waals surface area contributed by atoms with Crippen LogP contribution in [0, 0.1) is 0 Å². The van der Waals surface area contributed by atoms with Gasteiger partial charge in [-0.3, -0.25) is 9.69 Å². The number of thiophene rings is 1. The molecule has 1 saturated heterocycles. The second-order valence-corrected chi connectivity index (χ2v) is 9.51. The standard InChI is InChI=1S/C23H22ClN5OS/c1-14-11-28(12-15-2-5-18-19(8-15)26-13-27-22(18)25)6-7-29(14)23(30)21-9-16-3-4-17(24)10-20(16)31-21/h2-5,8-10,13-14H,6-7,11-12H2,1H3,(H2,25,26,27)/t14-/m0/s1. The van der Waals surface area contributed by atoms with Gasteiger partial charge in [0.25, 0.3) is 5.91 Å². The summed E-state index contributed by atoms with van der Waals surface area (Å²) in [6, 6.07) is 14.0. The molecule has 1 atom stereocenters. The van der Waals surface area contributed by atoms with Gasteiger partial charge in [0.2, 0.25) is 0 Å². The van der Waals surface area contributed by atoms with E-state index in [2.05, 4.69) is 33.9 Å². The van der Waals surface area contributed by atoms with Gasteiger partial charge in [-0.2, -0.15) is 0 Å². The Morgan fingerprint density at radius 3 is 2.90 bits per heavy atom. The fourth-order valence-corrected chi connectivity index (χ4v) is 5.51. The Labute approximate surface area is 189 Å². The molecule has 2 aromatic carbocycles. The van der Waals surface area contributed by atoms with Gasteiger partial charge in [0.1, 0.15) is 12.1 Å². The van der Waals surface area contributed by atoms with Crippen molar-refractivity contribution in [2.24, 2.45) is 0 Å². The number of benzene rings is 2. The first kappa shape index (κ1) is 20.2. The van der Waals surface area contributed by atoms with E-state index < -0.39 is 0 Å². The number of hydrogen-bond donors (Lipinski definition) is 1. The lowest BCUT2D eigenvalue weighted by Crippen LogP contribution is -2.53. The Morgan fingerprint density at radius 2 is 2.06 bits per heavy atom. The first-order chi connectivity index (χ1) is 15.0. The second kappa shape index (κ2) is 8.07. The molecule has 2 N–H and O–H groups in total. The molecular weight excluding hydrogens is 430 g/mol. The summed E-state index contributed by atoms with van der Waals surface area (Å²) in [4.78, 5) is 26.7. The van der Waals surface area contributed by atoms with Crippen molar-refractivity contribution in [3.8, 4) is 0 Å². The van der Waals surface area contributed by atoms with Crippen molar-refractivity contribution in [3.63, 3.8) is 0 Å². The third-order valence-corrected chi connectivity index (χ3v) is 7.12.